The number of hydrogen-bond acceptors (Lipinski definition) is 11. The maximum absolute atomic E-state index is 5.87. The number of anilines is 3. The van der Waals surface area contributed by atoms with E-state index in [4.69, 9.17) is 10.5 Å². The minimum Gasteiger partial charge on any atom is -0.495 e. The molecule has 0 fully saturated rings. The third-order valence-electron chi connectivity index (χ3n) is 3.77. The summed E-state index contributed by atoms with van der Waals surface area (Å²) in [5, 5.41) is 17.7. The first kappa shape index (κ1) is 19.1. The van der Waals surface area contributed by atoms with Gasteiger partial charge in [0.2, 0.25) is 17.1 Å². The molecule has 0 amide bonds. The highest BCUT2D eigenvalue weighted by Crippen LogP contribution is 2.26. The van der Waals surface area contributed by atoms with E-state index in [1.807, 2.05) is 41.8 Å². The molecule has 0 atom stereocenters. The van der Waals surface area contributed by atoms with Crippen molar-refractivity contribution in [2.45, 2.75) is 17.5 Å². The number of hydrogen-bond donors (Lipinski definition) is 2. The van der Waals surface area contributed by atoms with Gasteiger partial charge in [-0.2, -0.15) is 15.0 Å². The van der Waals surface area contributed by atoms with Gasteiger partial charge in [-0.25, -0.2) is 4.68 Å². The first-order valence-electron chi connectivity index (χ1n) is 8.53. The van der Waals surface area contributed by atoms with Gasteiger partial charge in [-0.15, -0.1) is 16.4 Å². The van der Waals surface area contributed by atoms with Crippen molar-refractivity contribution in [3.8, 4) is 5.75 Å². The molecule has 3 N–H and O–H groups in total. The number of thioether (sulfide) groups is 1. The van der Waals surface area contributed by atoms with Crippen LogP contribution in [0.4, 0.5) is 17.6 Å². The van der Waals surface area contributed by atoms with Gasteiger partial charge in [0.05, 0.1) is 25.1 Å². The molecule has 3 heterocycles. The van der Waals surface area contributed by atoms with Gasteiger partial charge in [0, 0.05) is 4.88 Å². The van der Waals surface area contributed by atoms with Gasteiger partial charge >= 0.3 is 0 Å². The Balaban J connectivity index is 1.47. The highest BCUT2D eigenvalue weighted by atomic mass is 32.2. The fourth-order valence-electron chi connectivity index (χ4n) is 2.51. The summed E-state index contributed by atoms with van der Waals surface area (Å²) in [5.74, 6) is 2.11. The van der Waals surface area contributed by atoms with Crippen molar-refractivity contribution in [3.05, 3.63) is 52.5 Å². The van der Waals surface area contributed by atoms with Gasteiger partial charge in [-0.1, -0.05) is 30.0 Å². The normalized spacial score (nSPS) is 10.8. The van der Waals surface area contributed by atoms with Crippen LogP contribution in [0.25, 0.3) is 0 Å². The molecule has 148 valence electrons. The Morgan fingerprint density at radius 2 is 2.07 bits per heavy atom. The molecule has 0 bridgehead atoms. The molecule has 0 saturated carbocycles. The third-order valence-corrected chi connectivity index (χ3v) is 5.58. The number of nitrogen functional groups attached to an aromatic ring is 1. The number of aromatic nitrogens is 7. The van der Waals surface area contributed by atoms with Crippen molar-refractivity contribution in [1.29, 1.82) is 0 Å². The molecule has 0 aliphatic carbocycles. The molecule has 29 heavy (non-hydrogen) atoms. The number of tetrazole rings is 1. The number of nitrogens with two attached hydrogens (primary N) is 1. The van der Waals surface area contributed by atoms with Gasteiger partial charge in [-0.05, 0) is 34.0 Å². The zero-order valence-corrected chi connectivity index (χ0v) is 17.0. The second-order valence-electron chi connectivity index (χ2n) is 5.75. The molecule has 4 aromatic rings. The minimum absolute atomic E-state index is 0.131. The van der Waals surface area contributed by atoms with Crippen molar-refractivity contribution in [2.75, 3.05) is 18.2 Å². The van der Waals surface area contributed by atoms with Crippen LogP contribution in [0, 0.1) is 0 Å². The molecule has 3 aromatic heterocycles. The van der Waals surface area contributed by atoms with Crippen LogP contribution < -0.4 is 15.8 Å². The second kappa shape index (κ2) is 8.84. The largest absolute Gasteiger partial charge is 0.495 e. The van der Waals surface area contributed by atoms with Crippen molar-refractivity contribution in [2.24, 2.45) is 0 Å². The summed E-state index contributed by atoms with van der Waals surface area (Å²) in [5.41, 5.74) is 6.60. The fourth-order valence-corrected chi connectivity index (χ4v) is 3.92. The quantitative estimate of drug-likeness (QED) is 0.405. The first-order chi connectivity index (χ1) is 14.2. The van der Waals surface area contributed by atoms with Crippen LogP contribution >= 0.6 is 23.1 Å². The van der Waals surface area contributed by atoms with E-state index in [1.165, 1.54) is 16.6 Å². The number of nitrogens with one attached hydrogen (secondary N) is 1. The van der Waals surface area contributed by atoms with Crippen LogP contribution in [0.3, 0.4) is 0 Å². The van der Waals surface area contributed by atoms with Crippen LogP contribution in [-0.2, 0) is 12.3 Å². The molecular formula is C17H17N9OS2. The van der Waals surface area contributed by atoms with E-state index in [-0.39, 0.29) is 5.95 Å². The summed E-state index contributed by atoms with van der Waals surface area (Å²) < 4.78 is 7.08. The molecule has 10 nitrogen and oxygen atoms in total. The van der Waals surface area contributed by atoms with Crippen LogP contribution in [0.5, 0.6) is 5.75 Å². The molecule has 0 saturated heterocycles. The number of rotatable bonds is 8. The molecule has 0 spiro atoms. The third kappa shape index (κ3) is 4.78. The Kier molecular flexibility index (Phi) is 5.81. The topological polar surface area (TPSA) is 130 Å². The number of para-hydroxylation sites is 2. The molecule has 0 aliphatic rings. The molecule has 12 heteroatoms. The minimum atomic E-state index is 0.131. The van der Waals surface area contributed by atoms with Gasteiger partial charge in [0.25, 0.3) is 0 Å². The summed E-state index contributed by atoms with van der Waals surface area (Å²) in [6.45, 7) is 0.618. The average Bonchev–Trinajstić information content (AvgIpc) is 3.39. The Morgan fingerprint density at radius 3 is 2.90 bits per heavy atom. The summed E-state index contributed by atoms with van der Waals surface area (Å²) in [4.78, 5) is 14.0. The van der Waals surface area contributed by atoms with E-state index >= 15 is 0 Å². The summed E-state index contributed by atoms with van der Waals surface area (Å²) in [7, 11) is 1.60. The highest BCUT2D eigenvalue weighted by Gasteiger charge is 2.12. The van der Waals surface area contributed by atoms with Crippen molar-refractivity contribution in [3.63, 3.8) is 0 Å². The second-order valence-corrected chi connectivity index (χ2v) is 7.72. The van der Waals surface area contributed by atoms with Crippen molar-refractivity contribution in [1.82, 2.24) is 35.2 Å². The molecule has 0 unspecified atom stereocenters. The smallest absolute Gasteiger partial charge is 0.232 e. The lowest BCUT2D eigenvalue weighted by Gasteiger charge is -2.10. The van der Waals surface area contributed by atoms with Crippen LogP contribution in [0.1, 0.15) is 10.7 Å². The fraction of sp³-hybridized carbons (Fsp3) is 0.176. The van der Waals surface area contributed by atoms with Gasteiger partial charge in [0.1, 0.15) is 11.6 Å². The number of nitrogens with zero attached hydrogens (tertiary/aromatic N) is 7. The van der Waals surface area contributed by atoms with Crippen molar-refractivity contribution < 1.29 is 4.74 Å². The number of ether oxygens (including phenoxy) is 1. The summed E-state index contributed by atoms with van der Waals surface area (Å²) in [6.07, 6.45) is 0. The van der Waals surface area contributed by atoms with Crippen LogP contribution in [0.15, 0.2) is 46.9 Å². The SMILES string of the molecule is COc1ccccc1Nc1nc(N)nc(CSc2nnnn2Cc2cccs2)n1. The molecular weight excluding hydrogens is 410 g/mol. The average molecular weight is 428 g/mol. The predicted molar refractivity (Wildman–Crippen MR) is 111 cm³/mol. The zero-order valence-electron chi connectivity index (χ0n) is 15.4. The van der Waals surface area contributed by atoms with E-state index in [2.05, 4.69) is 35.8 Å². The van der Waals surface area contributed by atoms with E-state index in [0.717, 1.165) is 5.69 Å². The Bertz CT molecular complexity index is 1080. The van der Waals surface area contributed by atoms with E-state index in [1.54, 1.807) is 23.1 Å². The maximum atomic E-state index is 5.87. The predicted octanol–water partition coefficient (Wildman–Crippen LogP) is 2.59. The summed E-state index contributed by atoms with van der Waals surface area (Å²) in [6, 6.07) is 11.5. The molecule has 1 aromatic carbocycles. The Hall–Kier alpha value is -3.25. The highest BCUT2D eigenvalue weighted by molar-refractivity contribution is 7.98. The Morgan fingerprint density at radius 1 is 1.17 bits per heavy atom. The van der Waals surface area contributed by atoms with Crippen LogP contribution in [-0.4, -0.2) is 42.3 Å². The Labute approximate surface area is 174 Å². The van der Waals surface area contributed by atoms with Gasteiger partial charge in [-0.3, -0.25) is 0 Å². The van der Waals surface area contributed by atoms with E-state index in [0.29, 0.717) is 35.0 Å². The van der Waals surface area contributed by atoms with Crippen LogP contribution in [0.2, 0.25) is 0 Å². The van der Waals surface area contributed by atoms with Crippen molar-refractivity contribution >= 4 is 40.7 Å². The maximum Gasteiger partial charge on any atom is 0.232 e. The van der Waals surface area contributed by atoms with E-state index < -0.39 is 0 Å². The monoisotopic (exact) mass is 427 g/mol. The molecule has 0 aliphatic heterocycles. The number of thiophene rings is 1. The number of benzene rings is 1. The lowest BCUT2D eigenvalue weighted by molar-refractivity contribution is 0.417. The van der Waals surface area contributed by atoms with E-state index in [9.17, 15) is 0 Å². The molecule has 4 rings (SSSR count). The lowest BCUT2D eigenvalue weighted by Crippen LogP contribution is -2.07. The van der Waals surface area contributed by atoms with Gasteiger partial charge < -0.3 is 15.8 Å². The zero-order chi connectivity index (χ0) is 20.1. The standard InChI is InChI=1S/C17H17N9OS2/c1-27-13-7-3-2-6-12(13)19-16-21-14(20-15(18)22-16)10-29-17-23-24-25-26(17)9-11-5-4-8-28-11/h2-8H,9-10H2,1H3,(H3,18,19,20,21,22). The summed E-state index contributed by atoms with van der Waals surface area (Å²) >= 11 is 3.09. The number of methoxy groups -OCH3 is 1. The van der Waals surface area contributed by atoms with Gasteiger partial charge in [0.15, 0.2) is 0 Å². The lowest BCUT2D eigenvalue weighted by atomic mass is 10.3. The molecule has 0 radical (unpaired) electrons. The first-order valence-corrected chi connectivity index (χ1v) is 10.4.